The lowest BCUT2D eigenvalue weighted by Gasteiger charge is -2.28. The predicted octanol–water partition coefficient (Wildman–Crippen LogP) is 2.92. The maximum Gasteiger partial charge on any atom is 0.255 e. The van der Waals surface area contributed by atoms with E-state index >= 15 is 0 Å². The van der Waals surface area contributed by atoms with Crippen molar-refractivity contribution in [3.8, 4) is 0 Å². The molecule has 1 amide bonds. The van der Waals surface area contributed by atoms with Gasteiger partial charge in [0.05, 0.1) is 5.56 Å². The summed E-state index contributed by atoms with van der Waals surface area (Å²) in [6.45, 7) is 6.99. The number of carbonyl (C=O) groups excluding carboxylic acids is 1. The molecule has 1 saturated heterocycles. The lowest BCUT2D eigenvalue weighted by molar-refractivity contribution is 0.0695. The van der Waals surface area contributed by atoms with Gasteiger partial charge in [-0.1, -0.05) is 6.07 Å². The third-order valence-electron chi connectivity index (χ3n) is 3.66. The second kappa shape index (κ2) is 6.06. The summed E-state index contributed by atoms with van der Waals surface area (Å²) in [6, 6.07) is 6.17. The Morgan fingerprint density at radius 3 is 2.79 bits per heavy atom. The van der Waals surface area contributed by atoms with Gasteiger partial charge in [0.1, 0.15) is 0 Å². The van der Waals surface area contributed by atoms with Crippen LogP contribution < -0.4 is 0 Å². The Morgan fingerprint density at radius 1 is 1.37 bits per heavy atom. The lowest BCUT2D eigenvalue weighted by atomic mass is 10.1. The van der Waals surface area contributed by atoms with E-state index in [1.807, 2.05) is 30.0 Å². The van der Waals surface area contributed by atoms with Crippen LogP contribution >= 0.6 is 15.9 Å². The number of nitrogens with zero attached hydrogens (tertiary/aromatic N) is 2. The van der Waals surface area contributed by atoms with Crippen LogP contribution in [0.5, 0.6) is 0 Å². The Bertz CT molecular complexity index is 475. The van der Waals surface area contributed by atoms with Gasteiger partial charge in [-0.25, -0.2) is 0 Å². The highest BCUT2D eigenvalue weighted by Gasteiger charge is 2.25. The van der Waals surface area contributed by atoms with Gasteiger partial charge in [0.15, 0.2) is 0 Å². The van der Waals surface area contributed by atoms with Gasteiger partial charge in [-0.15, -0.1) is 0 Å². The summed E-state index contributed by atoms with van der Waals surface area (Å²) in [7, 11) is 2.12. The standard InChI is InChI=1S/C15H21BrN2O/c1-11-5-6-13(14(16)9-11)15(19)18-8-4-7-17(3)10-12(18)2/h5-6,9,12H,4,7-8,10H2,1-3H3. The van der Waals surface area contributed by atoms with Gasteiger partial charge in [-0.3, -0.25) is 4.79 Å². The third-order valence-corrected chi connectivity index (χ3v) is 4.32. The second-order valence-electron chi connectivity index (χ2n) is 5.45. The molecule has 1 aliphatic rings. The predicted molar refractivity (Wildman–Crippen MR) is 81.5 cm³/mol. The highest BCUT2D eigenvalue weighted by atomic mass is 79.9. The number of halogens is 1. The molecular formula is C15H21BrN2O. The van der Waals surface area contributed by atoms with Crippen molar-refractivity contribution >= 4 is 21.8 Å². The zero-order valence-corrected chi connectivity index (χ0v) is 13.4. The largest absolute Gasteiger partial charge is 0.335 e. The van der Waals surface area contributed by atoms with Crippen LogP contribution in [-0.2, 0) is 0 Å². The molecule has 4 heteroatoms. The molecule has 0 N–H and O–H groups in total. The average molecular weight is 325 g/mol. The van der Waals surface area contributed by atoms with E-state index in [1.54, 1.807) is 0 Å². The highest BCUT2D eigenvalue weighted by molar-refractivity contribution is 9.10. The molecule has 0 aromatic heterocycles. The van der Waals surface area contributed by atoms with E-state index < -0.39 is 0 Å². The fourth-order valence-electron chi connectivity index (χ4n) is 2.62. The number of benzene rings is 1. The van der Waals surface area contributed by atoms with Crippen molar-refractivity contribution in [2.75, 3.05) is 26.7 Å². The molecule has 0 spiro atoms. The Morgan fingerprint density at radius 2 is 2.11 bits per heavy atom. The first-order valence-electron chi connectivity index (χ1n) is 6.74. The number of rotatable bonds is 1. The molecule has 0 aliphatic carbocycles. The van der Waals surface area contributed by atoms with Crippen LogP contribution in [0.4, 0.5) is 0 Å². The fraction of sp³-hybridized carbons (Fsp3) is 0.533. The first-order valence-corrected chi connectivity index (χ1v) is 7.54. The molecule has 1 atom stereocenters. The van der Waals surface area contributed by atoms with Crippen molar-refractivity contribution in [2.24, 2.45) is 0 Å². The van der Waals surface area contributed by atoms with E-state index in [0.29, 0.717) is 0 Å². The van der Waals surface area contributed by atoms with Crippen molar-refractivity contribution in [2.45, 2.75) is 26.3 Å². The maximum atomic E-state index is 12.7. The van der Waals surface area contributed by atoms with E-state index in [9.17, 15) is 4.79 Å². The average Bonchev–Trinajstić information content (AvgIpc) is 2.49. The van der Waals surface area contributed by atoms with Crippen LogP contribution in [0.2, 0.25) is 0 Å². The van der Waals surface area contributed by atoms with Crippen molar-refractivity contribution in [3.63, 3.8) is 0 Å². The summed E-state index contributed by atoms with van der Waals surface area (Å²) < 4.78 is 0.891. The Balaban J connectivity index is 2.22. The van der Waals surface area contributed by atoms with E-state index in [4.69, 9.17) is 0 Å². The Labute approximate surface area is 123 Å². The van der Waals surface area contributed by atoms with E-state index in [0.717, 1.165) is 41.7 Å². The number of likely N-dealkylation sites (N-methyl/N-ethyl adjacent to an activating group) is 1. The Hall–Kier alpha value is -0.870. The minimum Gasteiger partial charge on any atom is -0.335 e. The van der Waals surface area contributed by atoms with Gasteiger partial charge >= 0.3 is 0 Å². The molecule has 0 radical (unpaired) electrons. The Kier molecular flexibility index (Phi) is 4.63. The topological polar surface area (TPSA) is 23.6 Å². The molecule has 1 heterocycles. The van der Waals surface area contributed by atoms with Crippen LogP contribution in [0.15, 0.2) is 22.7 Å². The normalized spacial score (nSPS) is 21.3. The fourth-order valence-corrected chi connectivity index (χ4v) is 3.29. The molecule has 3 nitrogen and oxygen atoms in total. The first-order chi connectivity index (χ1) is 8.99. The third kappa shape index (κ3) is 3.37. The second-order valence-corrected chi connectivity index (χ2v) is 6.30. The molecule has 1 unspecified atom stereocenters. The van der Waals surface area contributed by atoms with Gasteiger partial charge in [-0.2, -0.15) is 0 Å². The van der Waals surface area contributed by atoms with Crippen molar-refractivity contribution < 1.29 is 4.79 Å². The van der Waals surface area contributed by atoms with Crippen molar-refractivity contribution in [3.05, 3.63) is 33.8 Å². The molecular weight excluding hydrogens is 304 g/mol. The van der Waals surface area contributed by atoms with Crippen LogP contribution in [0.3, 0.4) is 0 Å². The lowest BCUT2D eigenvalue weighted by Crippen LogP contribution is -2.42. The summed E-state index contributed by atoms with van der Waals surface area (Å²) in [5.41, 5.74) is 1.93. The number of hydrogen-bond donors (Lipinski definition) is 0. The molecule has 0 saturated carbocycles. The molecule has 2 rings (SSSR count). The van der Waals surface area contributed by atoms with Gasteiger partial charge in [0, 0.05) is 23.6 Å². The number of amides is 1. The minimum absolute atomic E-state index is 0.134. The zero-order chi connectivity index (χ0) is 14.0. The van der Waals surface area contributed by atoms with Crippen LogP contribution in [0.25, 0.3) is 0 Å². The highest BCUT2D eigenvalue weighted by Crippen LogP contribution is 2.22. The number of hydrogen-bond acceptors (Lipinski definition) is 2. The van der Waals surface area contributed by atoms with Gasteiger partial charge in [0.2, 0.25) is 0 Å². The smallest absolute Gasteiger partial charge is 0.255 e. The first kappa shape index (κ1) is 14.5. The van der Waals surface area contributed by atoms with E-state index in [1.165, 1.54) is 0 Å². The minimum atomic E-state index is 0.134. The van der Waals surface area contributed by atoms with Crippen LogP contribution in [-0.4, -0.2) is 48.4 Å². The summed E-state index contributed by atoms with van der Waals surface area (Å²) in [6.07, 6.45) is 1.04. The van der Waals surface area contributed by atoms with Crippen LogP contribution in [0.1, 0.15) is 29.3 Å². The van der Waals surface area contributed by atoms with Crippen molar-refractivity contribution in [1.29, 1.82) is 0 Å². The molecule has 0 bridgehead atoms. The number of carbonyl (C=O) groups is 1. The van der Waals surface area contributed by atoms with E-state index in [2.05, 4.69) is 34.8 Å². The summed E-state index contributed by atoms with van der Waals surface area (Å²) in [5.74, 6) is 0.134. The molecule has 104 valence electrons. The van der Waals surface area contributed by atoms with Gasteiger partial charge in [-0.05, 0) is 67.5 Å². The quantitative estimate of drug-likeness (QED) is 0.793. The summed E-state index contributed by atoms with van der Waals surface area (Å²) >= 11 is 3.51. The van der Waals surface area contributed by atoms with E-state index in [-0.39, 0.29) is 11.9 Å². The zero-order valence-electron chi connectivity index (χ0n) is 11.8. The molecule has 19 heavy (non-hydrogen) atoms. The SMILES string of the molecule is Cc1ccc(C(=O)N2CCCN(C)CC2C)c(Br)c1. The van der Waals surface area contributed by atoms with Gasteiger partial charge < -0.3 is 9.80 Å². The van der Waals surface area contributed by atoms with Gasteiger partial charge in [0.25, 0.3) is 5.91 Å². The molecule has 1 fully saturated rings. The maximum absolute atomic E-state index is 12.7. The summed E-state index contributed by atoms with van der Waals surface area (Å²) in [4.78, 5) is 17.0. The molecule has 1 aliphatic heterocycles. The monoisotopic (exact) mass is 324 g/mol. The van der Waals surface area contributed by atoms with Crippen molar-refractivity contribution in [1.82, 2.24) is 9.80 Å². The number of aryl methyl sites for hydroxylation is 1. The van der Waals surface area contributed by atoms with Crippen LogP contribution in [0, 0.1) is 6.92 Å². The molecule has 1 aromatic rings. The summed E-state index contributed by atoms with van der Waals surface area (Å²) in [5, 5.41) is 0. The molecule has 1 aromatic carbocycles.